The molecule has 0 aliphatic carbocycles. The van der Waals surface area contributed by atoms with Crippen LogP contribution in [0.15, 0.2) is 23.2 Å². The van der Waals surface area contributed by atoms with Crippen molar-refractivity contribution in [1.82, 2.24) is 5.32 Å². The van der Waals surface area contributed by atoms with Crippen LogP contribution >= 0.6 is 24.0 Å². The van der Waals surface area contributed by atoms with E-state index in [1.165, 1.54) is 0 Å². The molecule has 0 aliphatic heterocycles. The van der Waals surface area contributed by atoms with Crippen LogP contribution in [0.5, 0.6) is 11.5 Å². The molecule has 22 heavy (non-hydrogen) atoms. The predicted octanol–water partition coefficient (Wildman–Crippen LogP) is 2.53. The highest BCUT2D eigenvalue weighted by Crippen LogP contribution is 2.28. The molecule has 122 valence electrons. The monoisotopic (exact) mass is 417 g/mol. The third kappa shape index (κ3) is 6.89. The second-order valence-electron chi connectivity index (χ2n) is 4.63. The molecule has 1 aromatic carbocycles. The van der Waals surface area contributed by atoms with E-state index >= 15 is 0 Å². The number of ether oxygens (including phenoxy) is 2. The first-order chi connectivity index (χ1) is 10.1. The van der Waals surface area contributed by atoms with Crippen LogP contribution < -0.4 is 20.5 Å². The van der Waals surface area contributed by atoms with Crippen molar-refractivity contribution in [2.45, 2.75) is 32.9 Å². The summed E-state index contributed by atoms with van der Waals surface area (Å²) in [6, 6.07) is 5.91. The fraction of sp³-hybridized carbons (Fsp3) is 0.438. The van der Waals surface area contributed by atoms with Gasteiger partial charge in [0.2, 0.25) is 0 Å². The van der Waals surface area contributed by atoms with Gasteiger partial charge >= 0.3 is 0 Å². The van der Waals surface area contributed by atoms with E-state index in [9.17, 15) is 0 Å². The van der Waals surface area contributed by atoms with Gasteiger partial charge in [0, 0.05) is 6.04 Å². The molecule has 0 aliphatic rings. The molecule has 0 heterocycles. The Morgan fingerprint density at radius 3 is 2.77 bits per heavy atom. The van der Waals surface area contributed by atoms with Gasteiger partial charge in [-0.15, -0.1) is 30.4 Å². The maximum atomic E-state index is 5.83. The van der Waals surface area contributed by atoms with E-state index in [0.29, 0.717) is 30.0 Å². The Labute approximate surface area is 149 Å². The third-order valence-corrected chi connectivity index (χ3v) is 2.98. The van der Waals surface area contributed by atoms with Crippen molar-refractivity contribution in [3.63, 3.8) is 0 Å². The molecule has 5 nitrogen and oxygen atoms in total. The topological polar surface area (TPSA) is 68.9 Å². The van der Waals surface area contributed by atoms with Crippen molar-refractivity contribution in [3.05, 3.63) is 23.8 Å². The van der Waals surface area contributed by atoms with Gasteiger partial charge < -0.3 is 20.5 Å². The zero-order valence-corrected chi connectivity index (χ0v) is 15.6. The van der Waals surface area contributed by atoms with Crippen molar-refractivity contribution in [2.24, 2.45) is 10.7 Å². The van der Waals surface area contributed by atoms with Crippen molar-refractivity contribution in [3.8, 4) is 23.8 Å². The lowest BCUT2D eigenvalue weighted by Gasteiger charge is -2.12. The molecule has 3 N–H and O–H groups in total. The number of rotatable bonds is 7. The van der Waals surface area contributed by atoms with E-state index in [0.717, 1.165) is 12.0 Å². The number of hydrogen-bond donors (Lipinski definition) is 2. The number of benzene rings is 1. The first-order valence-electron chi connectivity index (χ1n) is 6.90. The normalized spacial score (nSPS) is 11.8. The van der Waals surface area contributed by atoms with Gasteiger partial charge in [0.05, 0.1) is 13.7 Å². The summed E-state index contributed by atoms with van der Waals surface area (Å²) in [4.78, 5) is 4.31. The molecule has 1 atom stereocenters. The zero-order chi connectivity index (χ0) is 15.7. The van der Waals surface area contributed by atoms with Gasteiger partial charge in [0.15, 0.2) is 17.5 Å². The highest BCUT2D eigenvalue weighted by atomic mass is 127. The lowest BCUT2D eigenvalue weighted by atomic mass is 10.2. The summed E-state index contributed by atoms with van der Waals surface area (Å²) in [5, 5.41) is 3.12. The standard InChI is InChI=1S/C16H23N3O2.HI/c1-5-9-21-15-10-13(7-8-14(15)20-4)11-18-16(17)19-12(3)6-2;/h1,7-8,10,12H,6,9,11H2,2-4H3,(H3,17,18,19);1H. The van der Waals surface area contributed by atoms with Crippen LogP contribution in [0.2, 0.25) is 0 Å². The largest absolute Gasteiger partial charge is 0.493 e. The highest BCUT2D eigenvalue weighted by molar-refractivity contribution is 14.0. The number of hydrogen-bond acceptors (Lipinski definition) is 3. The molecule has 0 bridgehead atoms. The number of methoxy groups -OCH3 is 1. The van der Waals surface area contributed by atoms with E-state index in [1.807, 2.05) is 18.2 Å². The van der Waals surface area contributed by atoms with Crippen LogP contribution in [0.4, 0.5) is 0 Å². The summed E-state index contributed by atoms with van der Waals surface area (Å²) >= 11 is 0. The minimum absolute atomic E-state index is 0. The van der Waals surface area contributed by atoms with Gasteiger partial charge in [-0.2, -0.15) is 0 Å². The van der Waals surface area contributed by atoms with Gasteiger partial charge in [-0.3, -0.25) is 0 Å². The van der Waals surface area contributed by atoms with Crippen molar-refractivity contribution >= 4 is 29.9 Å². The molecule has 1 unspecified atom stereocenters. The van der Waals surface area contributed by atoms with Gasteiger partial charge in [-0.1, -0.05) is 18.9 Å². The molecule has 0 saturated carbocycles. The summed E-state index contributed by atoms with van der Waals surface area (Å²) in [7, 11) is 1.59. The second-order valence-corrected chi connectivity index (χ2v) is 4.63. The SMILES string of the molecule is C#CCOc1cc(CN=C(N)NC(C)CC)ccc1OC.I. The fourth-order valence-corrected chi connectivity index (χ4v) is 1.63. The molecule has 0 saturated heterocycles. The van der Waals surface area contributed by atoms with E-state index in [4.69, 9.17) is 21.6 Å². The molecule has 0 radical (unpaired) electrons. The Morgan fingerprint density at radius 1 is 1.45 bits per heavy atom. The quantitative estimate of drug-likeness (QED) is 0.310. The Balaban J connectivity index is 0.00000441. The third-order valence-electron chi connectivity index (χ3n) is 2.98. The molecule has 0 spiro atoms. The van der Waals surface area contributed by atoms with E-state index < -0.39 is 0 Å². The van der Waals surface area contributed by atoms with Gasteiger partial charge in [0.25, 0.3) is 0 Å². The molecular formula is C16H24IN3O2. The summed E-state index contributed by atoms with van der Waals surface area (Å²) in [6.07, 6.45) is 6.19. The Hall–Kier alpha value is -1.62. The molecule has 0 amide bonds. The fourth-order valence-electron chi connectivity index (χ4n) is 1.63. The number of aliphatic imine (C=N–C) groups is 1. The Morgan fingerprint density at radius 2 is 2.18 bits per heavy atom. The molecular weight excluding hydrogens is 393 g/mol. The number of halogens is 1. The number of terminal acetylenes is 1. The predicted molar refractivity (Wildman–Crippen MR) is 101 cm³/mol. The van der Waals surface area contributed by atoms with Crippen LogP contribution in [0, 0.1) is 12.3 Å². The number of guanidine groups is 1. The van der Waals surface area contributed by atoms with Crippen LogP contribution in [0.25, 0.3) is 0 Å². The maximum absolute atomic E-state index is 5.83. The molecule has 1 aromatic rings. The second kappa shape index (κ2) is 11.0. The Kier molecular flexibility index (Phi) is 10.2. The lowest BCUT2D eigenvalue weighted by molar-refractivity contribution is 0.330. The van der Waals surface area contributed by atoms with Crippen molar-refractivity contribution in [1.29, 1.82) is 0 Å². The van der Waals surface area contributed by atoms with Crippen LogP contribution in [0.1, 0.15) is 25.8 Å². The van der Waals surface area contributed by atoms with Gasteiger partial charge in [-0.05, 0) is 31.0 Å². The summed E-state index contributed by atoms with van der Waals surface area (Å²) in [5.74, 6) is 4.12. The van der Waals surface area contributed by atoms with Crippen molar-refractivity contribution < 1.29 is 9.47 Å². The molecule has 0 fully saturated rings. The number of nitrogens with two attached hydrogens (primary N) is 1. The van der Waals surface area contributed by atoms with Crippen LogP contribution in [-0.2, 0) is 6.54 Å². The zero-order valence-electron chi connectivity index (χ0n) is 13.3. The van der Waals surface area contributed by atoms with Gasteiger partial charge in [0.1, 0.15) is 6.61 Å². The highest BCUT2D eigenvalue weighted by Gasteiger charge is 2.06. The first kappa shape index (κ1) is 20.4. The number of nitrogens with one attached hydrogen (secondary N) is 1. The summed E-state index contributed by atoms with van der Waals surface area (Å²) < 4.78 is 10.7. The minimum atomic E-state index is 0. The van der Waals surface area contributed by atoms with E-state index in [1.54, 1.807) is 7.11 Å². The minimum Gasteiger partial charge on any atom is -0.493 e. The lowest BCUT2D eigenvalue weighted by Crippen LogP contribution is -2.38. The average Bonchev–Trinajstić information content (AvgIpc) is 2.50. The summed E-state index contributed by atoms with van der Waals surface area (Å²) in [5.41, 5.74) is 6.80. The van der Waals surface area contributed by atoms with Crippen LogP contribution in [-0.4, -0.2) is 25.7 Å². The van der Waals surface area contributed by atoms with Crippen LogP contribution in [0.3, 0.4) is 0 Å². The van der Waals surface area contributed by atoms with Gasteiger partial charge in [-0.25, -0.2) is 4.99 Å². The maximum Gasteiger partial charge on any atom is 0.189 e. The van der Waals surface area contributed by atoms with E-state index in [-0.39, 0.29) is 30.6 Å². The molecule has 6 heteroatoms. The number of nitrogens with zero attached hydrogens (tertiary/aromatic N) is 1. The molecule has 0 aromatic heterocycles. The average molecular weight is 417 g/mol. The first-order valence-corrected chi connectivity index (χ1v) is 6.90. The molecule has 1 rings (SSSR count). The van der Waals surface area contributed by atoms with Crippen molar-refractivity contribution in [2.75, 3.05) is 13.7 Å². The Bertz CT molecular complexity index is 527. The smallest absolute Gasteiger partial charge is 0.189 e. The van der Waals surface area contributed by atoms with E-state index in [2.05, 4.69) is 30.1 Å². The summed E-state index contributed by atoms with van der Waals surface area (Å²) in [6.45, 7) is 4.80.